The number of rotatable bonds is 7. The maximum atomic E-state index is 6.47. The van der Waals surface area contributed by atoms with Crippen LogP contribution in [0.25, 0.3) is 44.4 Å². The first-order valence-corrected chi connectivity index (χ1v) is 16.0. The third-order valence-electron chi connectivity index (χ3n) is 8.71. The molecule has 0 saturated carbocycles. The second-order valence-electron chi connectivity index (χ2n) is 12.9. The summed E-state index contributed by atoms with van der Waals surface area (Å²) < 4.78 is 10.5. The van der Waals surface area contributed by atoms with Gasteiger partial charge in [0.2, 0.25) is 0 Å². The van der Waals surface area contributed by atoms with Gasteiger partial charge in [-0.1, -0.05) is 83.5 Å². The van der Waals surface area contributed by atoms with Gasteiger partial charge in [0, 0.05) is 35.0 Å². The molecule has 0 N–H and O–H groups in total. The van der Waals surface area contributed by atoms with Gasteiger partial charge >= 0.3 is 21.1 Å². The first-order chi connectivity index (χ1) is 22.2. The van der Waals surface area contributed by atoms with Gasteiger partial charge in [-0.05, 0) is 69.8 Å². The van der Waals surface area contributed by atoms with Gasteiger partial charge < -0.3 is 9.30 Å². The molecular formula is C41H38N4OPt. The SMILES string of the molecule is CCc1cccc(CC)c1-c1cnn(-c2[c-]c(Oc3[c-]c4c(cc3)c3ccccc3n4-c3cc(C(C)(C)C)ccn3)cc(C)c2)c1.[Pt+2]. The fraction of sp³-hybridized carbons (Fsp3) is 0.220. The van der Waals surface area contributed by atoms with Crippen LogP contribution < -0.4 is 4.74 Å². The number of hydrogen-bond donors (Lipinski definition) is 0. The van der Waals surface area contributed by atoms with Crippen LogP contribution in [0.5, 0.6) is 11.5 Å². The van der Waals surface area contributed by atoms with Crippen molar-refractivity contribution in [3.8, 4) is 34.1 Å². The molecule has 47 heavy (non-hydrogen) atoms. The maximum absolute atomic E-state index is 6.47. The average molecular weight is 798 g/mol. The third kappa shape index (κ3) is 6.17. The van der Waals surface area contributed by atoms with Gasteiger partial charge in [0.25, 0.3) is 0 Å². The molecule has 6 heteroatoms. The zero-order valence-corrected chi connectivity index (χ0v) is 29.9. The molecule has 4 aromatic carbocycles. The van der Waals surface area contributed by atoms with Crippen LogP contribution in [0, 0.1) is 19.1 Å². The molecule has 0 aliphatic rings. The minimum Gasteiger partial charge on any atom is -0.509 e. The van der Waals surface area contributed by atoms with Crippen molar-refractivity contribution in [3.63, 3.8) is 0 Å². The molecule has 3 aromatic heterocycles. The molecule has 238 valence electrons. The third-order valence-corrected chi connectivity index (χ3v) is 8.71. The fourth-order valence-electron chi connectivity index (χ4n) is 6.34. The molecule has 0 unspecified atom stereocenters. The van der Waals surface area contributed by atoms with Gasteiger partial charge in [0.05, 0.1) is 6.20 Å². The van der Waals surface area contributed by atoms with E-state index in [2.05, 4.69) is 131 Å². The summed E-state index contributed by atoms with van der Waals surface area (Å²) in [7, 11) is 0. The molecule has 0 bridgehead atoms. The Bertz CT molecular complexity index is 2200. The molecule has 0 saturated heterocycles. The largest absolute Gasteiger partial charge is 2.00 e. The normalized spacial score (nSPS) is 11.6. The zero-order valence-electron chi connectivity index (χ0n) is 27.7. The Morgan fingerprint density at radius 1 is 0.809 bits per heavy atom. The van der Waals surface area contributed by atoms with Crippen LogP contribution in [0.3, 0.4) is 0 Å². The number of ether oxygens (including phenoxy) is 1. The molecule has 5 nitrogen and oxygen atoms in total. The smallest absolute Gasteiger partial charge is 0.509 e. The Kier molecular flexibility index (Phi) is 8.96. The Labute approximate surface area is 291 Å². The van der Waals surface area contributed by atoms with E-state index in [4.69, 9.17) is 14.8 Å². The summed E-state index contributed by atoms with van der Waals surface area (Å²) in [6, 6.07) is 34.5. The summed E-state index contributed by atoms with van der Waals surface area (Å²) in [5, 5.41) is 7.00. The summed E-state index contributed by atoms with van der Waals surface area (Å²) in [6.07, 6.45) is 7.89. The Hall–Kier alpha value is -4.47. The topological polar surface area (TPSA) is 44.9 Å². The van der Waals surface area contributed by atoms with Crippen molar-refractivity contribution in [2.75, 3.05) is 0 Å². The number of hydrogen-bond acceptors (Lipinski definition) is 3. The Morgan fingerprint density at radius 2 is 1.57 bits per heavy atom. The molecule has 0 aliphatic carbocycles. The van der Waals surface area contributed by atoms with Crippen molar-refractivity contribution in [3.05, 3.63) is 132 Å². The van der Waals surface area contributed by atoms with E-state index in [1.165, 1.54) is 22.3 Å². The van der Waals surface area contributed by atoms with Crippen molar-refractivity contribution >= 4 is 21.8 Å². The van der Waals surface area contributed by atoms with Gasteiger partial charge in [-0.2, -0.15) is 16.7 Å². The number of nitrogens with zero attached hydrogens (tertiary/aromatic N) is 4. The Morgan fingerprint density at radius 3 is 2.32 bits per heavy atom. The van der Waals surface area contributed by atoms with Gasteiger partial charge in [-0.25, -0.2) is 4.98 Å². The molecular weight excluding hydrogens is 760 g/mol. The van der Waals surface area contributed by atoms with Crippen molar-refractivity contribution in [1.29, 1.82) is 0 Å². The van der Waals surface area contributed by atoms with Crippen LogP contribution in [-0.4, -0.2) is 19.3 Å². The zero-order chi connectivity index (χ0) is 32.0. The number of benzene rings is 4. The van der Waals surface area contributed by atoms with Crippen molar-refractivity contribution in [2.45, 2.75) is 59.8 Å². The first-order valence-electron chi connectivity index (χ1n) is 16.0. The second-order valence-corrected chi connectivity index (χ2v) is 12.9. The fourth-order valence-corrected chi connectivity index (χ4v) is 6.34. The molecule has 3 heterocycles. The molecule has 0 fully saturated rings. The Balaban J connectivity index is 0.00000386. The van der Waals surface area contributed by atoms with E-state index in [-0.39, 0.29) is 26.5 Å². The predicted octanol–water partition coefficient (Wildman–Crippen LogP) is 10.2. The maximum Gasteiger partial charge on any atom is 2.00 e. The summed E-state index contributed by atoms with van der Waals surface area (Å²) in [6.45, 7) is 13.1. The van der Waals surface area contributed by atoms with Crippen LogP contribution in [0.4, 0.5) is 0 Å². The molecule has 0 radical (unpaired) electrons. The summed E-state index contributed by atoms with van der Waals surface area (Å²) in [5.41, 5.74) is 10.2. The van der Waals surface area contributed by atoms with Gasteiger partial charge in [0.15, 0.2) is 0 Å². The van der Waals surface area contributed by atoms with E-state index in [9.17, 15) is 0 Å². The van der Waals surface area contributed by atoms with Crippen LogP contribution in [0.1, 0.15) is 56.9 Å². The molecule has 0 atom stereocenters. The molecule has 0 aliphatic heterocycles. The minimum absolute atomic E-state index is 0. The van der Waals surface area contributed by atoms with E-state index in [0.29, 0.717) is 11.5 Å². The van der Waals surface area contributed by atoms with Crippen LogP contribution >= 0.6 is 0 Å². The molecule has 7 rings (SSSR count). The van der Waals surface area contributed by atoms with Crippen molar-refractivity contribution in [1.82, 2.24) is 19.3 Å². The average Bonchev–Trinajstić information content (AvgIpc) is 3.67. The van der Waals surface area contributed by atoms with E-state index >= 15 is 0 Å². The van der Waals surface area contributed by atoms with Crippen molar-refractivity contribution in [2.24, 2.45) is 0 Å². The van der Waals surface area contributed by atoms with Crippen molar-refractivity contribution < 1.29 is 25.8 Å². The predicted molar refractivity (Wildman–Crippen MR) is 188 cm³/mol. The number of fused-ring (bicyclic) bond motifs is 3. The van der Waals surface area contributed by atoms with Crippen LogP contribution in [0.15, 0.2) is 97.5 Å². The van der Waals surface area contributed by atoms with Gasteiger partial charge in [0.1, 0.15) is 5.82 Å². The standard InChI is InChI=1S/C41H38N4O.Pt/c1-7-28-12-11-13-29(8-2)40(28)30-25-43-44(26-30)32-20-27(3)21-34(23-32)46-33-16-17-36-35-14-9-10-15-37(35)45(38(36)24-33)39-22-31(18-19-42-39)41(4,5)6;/h9-22,25-26H,7-8H2,1-6H3;/q-2;+2. The van der Waals surface area contributed by atoms with E-state index in [0.717, 1.165) is 57.3 Å². The quantitative estimate of drug-likeness (QED) is 0.151. The molecule has 0 spiro atoms. The van der Waals surface area contributed by atoms with E-state index in [1.807, 2.05) is 29.2 Å². The van der Waals surface area contributed by atoms with Gasteiger partial charge in [-0.3, -0.25) is 4.68 Å². The van der Waals surface area contributed by atoms with Gasteiger partial charge in [-0.15, -0.1) is 35.7 Å². The summed E-state index contributed by atoms with van der Waals surface area (Å²) >= 11 is 0. The summed E-state index contributed by atoms with van der Waals surface area (Å²) in [5.74, 6) is 2.09. The number of pyridine rings is 1. The monoisotopic (exact) mass is 797 g/mol. The number of para-hydroxylation sites is 1. The molecule has 0 amide bonds. The molecule has 7 aromatic rings. The second kappa shape index (κ2) is 13.0. The van der Waals surface area contributed by atoms with Crippen LogP contribution in [-0.2, 0) is 39.3 Å². The summed E-state index contributed by atoms with van der Waals surface area (Å²) in [4.78, 5) is 4.80. The van der Waals surface area contributed by atoms with E-state index in [1.54, 1.807) is 0 Å². The van der Waals surface area contributed by atoms with E-state index < -0.39 is 0 Å². The number of aryl methyl sites for hydroxylation is 3. The number of aromatic nitrogens is 4. The van der Waals surface area contributed by atoms with Crippen LogP contribution in [0.2, 0.25) is 0 Å². The first kappa shape index (κ1) is 32.5. The minimum atomic E-state index is 0.